The van der Waals surface area contributed by atoms with Crippen LogP contribution in [0.2, 0.25) is 0 Å². The molecule has 2 atom stereocenters. The molecule has 1 aromatic carbocycles. The van der Waals surface area contributed by atoms with Crippen molar-refractivity contribution in [3.8, 4) is 11.5 Å². The summed E-state index contributed by atoms with van der Waals surface area (Å²) in [5, 5.41) is 5.12. The maximum absolute atomic E-state index is 12.6. The Morgan fingerprint density at radius 3 is 2.86 bits per heavy atom. The van der Waals surface area contributed by atoms with Gasteiger partial charge >= 0.3 is 6.61 Å². The third-order valence-electron chi connectivity index (χ3n) is 5.64. The van der Waals surface area contributed by atoms with Crippen LogP contribution in [0.4, 0.5) is 8.78 Å². The van der Waals surface area contributed by atoms with E-state index < -0.39 is 6.61 Å². The quantitative estimate of drug-likeness (QED) is 0.686. The Balaban J connectivity index is 1.35. The summed E-state index contributed by atoms with van der Waals surface area (Å²) in [5.41, 5.74) is 2.20. The number of amides is 1. The van der Waals surface area contributed by atoms with Crippen molar-refractivity contribution >= 4 is 17.2 Å². The van der Waals surface area contributed by atoms with Crippen LogP contribution in [0.3, 0.4) is 0 Å². The molecule has 8 heteroatoms. The molecule has 4 rings (SSSR count). The Morgan fingerprint density at radius 2 is 2.14 bits per heavy atom. The van der Waals surface area contributed by atoms with Crippen LogP contribution in [0.5, 0.6) is 11.5 Å². The van der Waals surface area contributed by atoms with Gasteiger partial charge in [-0.1, -0.05) is 6.07 Å². The van der Waals surface area contributed by atoms with Crippen LogP contribution in [0, 0.1) is 5.92 Å². The van der Waals surface area contributed by atoms with Gasteiger partial charge in [0.15, 0.2) is 18.0 Å². The van der Waals surface area contributed by atoms with E-state index in [2.05, 4.69) is 21.5 Å². The number of thiophene rings is 1. The fourth-order valence-corrected chi connectivity index (χ4v) is 5.11. The lowest BCUT2D eigenvalue weighted by atomic mass is 9.96. The van der Waals surface area contributed by atoms with Gasteiger partial charge in [-0.2, -0.15) is 8.78 Å². The molecule has 1 unspecified atom stereocenters. The Labute approximate surface area is 172 Å². The predicted molar refractivity (Wildman–Crippen MR) is 106 cm³/mol. The normalized spacial score (nSPS) is 21.0. The number of carbonyl (C=O) groups is 1. The van der Waals surface area contributed by atoms with Gasteiger partial charge in [0.05, 0.1) is 13.7 Å². The molecule has 0 radical (unpaired) electrons. The van der Waals surface area contributed by atoms with E-state index in [0.717, 1.165) is 18.5 Å². The van der Waals surface area contributed by atoms with E-state index >= 15 is 0 Å². The van der Waals surface area contributed by atoms with Crippen LogP contribution in [0.15, 0.2) is 29.6 Å². The average Bonchev–Trinajstić information content (AvgIpc) is 3.42. The van der Waals surface area contributed by atoms with Crippen molar-refractivity contribution in [2.45, 2.75) is 38.5 Å². The summed E-state index contributed by atoms with van der Waals surface area (Å²) in [6, 6.07) is 7.36. The standard InChI is InChI=1S/C21H24F2N2O3S/c1-27-17-10-13(2-5-16(17)28-21(22)23)11-24-19(26)12-25-8-6-18-15(7-9-29-18)20(25)14-3-4-14/h2,5,7,9-10,14,20-21H,3-4,6,8,11-12H2,1H3,(H,24,26)/p+1/t20-/m1/s1. The van der Waals surface area contributed by atoms with Crippen molar-refractivity contribution < 1.29 is 27.9 Å². The highest BCUT2D eigenvalue weighted by atomic mass is 32.1. The maximum Gasteiger partial charge on any atom is 0.387 e. The third-order valence-corrected chi connectivity index (χ3v) is 6.64. The van der Waals surface area contributed by atoms with Gasteiger partial charge in [0.2, 0.25) is 0 Å². The molecule has 1 aliphatic carbocycles. The fraction of sp³-hybridized carbons (Fsp3) is 0.476. The van der Waals surface area contributed by atoms with Crippen molar-refractivity contribution in [1.82, 2.24) is 5.32 Å². The van der Waals surface area contributed by atoms with E-state index in [-0.39, 0.29) is 17.4 Å². The Bertz CT molecular complexity index is 869. The molecule has 0 saturated heterocycles. The first kappa shape index (κ1) is 20.1. The largest absolute Gasteiger partial charge is 0.493 e. The number of rotatable bonds is 8. The number of hydrogen-bond acceptors (Lipinski definition) is 4. The molecule has 5 nitrogen and oxygen atoms in total. The predicted octanol–water partition coefficient (Wildman–Crippen LogP) is 2.57. The van der Waals surface area contributed by atoms with Gasteiger partial charge in [-0.25, -0.2) is 0 Å². The van der Waals surface area contributed by atoms with Crippen molar-refractivity contribution in [3.05, 3.63) is 45.6 Å². The molecule has 1 amide bonds. The number of quaternary nitrogens is 1. The lowest BCUT2D eigenvalue weighted by molar-refractivity contribution is -0.928. The lowest BCUT2D eigenvalue weighted by Gasteiger charge is -2.32. The minimum absolute atomic E-state index is 0.00352. The molecule has 2 N–H and O–H groups in total. The smallest absolute Gasteiger partial charge is 0.387 e. The molecule has 1 aliphatic heterocycles. The second-order valence-electron chi connectivity index (χ2n) is 7.59. The molecule has 2 aromatic rings. The van der Waals surface area contributed by atoms with Crippen molar-refractivity contribution in [1.29, 1.82) is 0 Å². The number of alkyl halides is 2. The third kappa shape index (κ3) is 4.70. The lowest BCUT2D eigenvalue weighted by Crippen LogP contribution is -3.14. The number of methoxy groups -OCH3 is 1. The zero-order valence-electron chi connectivity index (χ0n) is 16.3. The van der Waals surface area contributed by atoms with Gasteiger partial charge in [-0.3, -0.25) is 4.79 Å². The summed E-state index contributed by atoms with van der Waals surface area (Å²) in [6.45, 7) is -1.17. The summed E-state index contributed by atoms with van der Waals surface area (Å²) in [6.07, 6.45) is 3.53. The molecule has 156 valence electrons. The Kier molecular flexibility index (Phi) is 6.01. The number of ether oxygens (including phenoxy) is 2. The van der Waals surface area contributed by atoms with Crippen LogP contribution >= 0.6 is 11.3 Å². The molecule has 2 aliphatic rings. The summed E-state index contributed by atoms with van der Waals surface area (Å²) >= 11 is 1.83. The summed E-state index contributed by atoms with van der Waals surface area (Å²) in [4.78, 5) is 15.4. The monoisotopic (exact) mass is 423 g/mol. The van der Waals surface area contributed by atoms with E-state index in [0.29, 0.717) is 25.0 Å². The van der Waals surface area contributed by atoms with Gasteiger partial charge < -0.3 is 19.7 Å². The number of nitrogens with one attached hydrogen (secondary N) is 2. The first-order chi connectivity index (χ1) is 14.0. The molecular weight excluding hydrogens is 398 g/mol. The van der Waals surface area contributed by atoms with Gasteiger partial charge in [-0.15, -0.1) is 11.3 Å². The zero-order valence-corrected chi connectivity index (χ0v) is 17.1. The number of halogens is 2. The summed E-state index contributed by atoms with van der Waals surface area (Å²) < 4.78 is 34.4. The molecule has 29 heavy (non-hydrogen) atoms. The van der Waals surface area contributed by atoms with E-state index in [1.807, 2.05) is 11.3 Å². The van der Waals surface area contributed by atoms with E-state index in [4.69, 9.17) is 4.74 Å². The highest BCUT2D eigenvalue weighted by Crippen LogP contribution is 2.42. The van der Waals surface area contributed by atoms with Crippen LogP contribution in [-0.2, 0) is 17.8 Å². The van der Waals surface area contributed by atoms with Crippen LogP contribution in [0.25, 0.3) is 0 Å². The molecule has 0 bridgehead atoms. The number of hydrogen-bond donors (Lipinski definition) is 2. The molecule has 0 spiro atoms. The van der Waals surface area contributed by atoms with Crippen LogP contribution in [-0.4, -0.2) is 32.7 Å². The molecule has 2 heterocycles. The minimum atomic E-state index is -2.91. The molecule has 1 aromatic heterocycles. The highest BCUT2D eigenvalue weighted by Gasteiger charge is 2.43. The zero-order chi connectivity index (χ0) is 20.4. The Morgan fingerprint density at radius 1 is 1.31 bits per heavy atom. The number of benzene rings is 1. The van der Waals surface area contributed by atoms with Crippen LogP contribution in [0.1, 0.15) is 34.9 Å². The second-order valence-corrected chi connectivity index (χ2v) is 8.59. The molecule has 1 saturated carbocycles. The summed E-state index contributed by atoms with van der Waals surface area (Å²) in [7, 11) is 1.40. The minimum Gasteiger partial charge on any atom is -0.493 e. The van der Waals surface area contributed by atoms with Crippen LogP contribution < -0.4 is 19.7 Å². The van der Waals surface area contributed by atoms with Gasteiger partial charge in [0.25, 0.3) is 5.91 Å². The first-order valence-electron chi connectivity index (χ1n) is 9.84. The van der Waals surface area contributed by atoms with Crippen molar-refractivity contribution in [3.63, 3.8) is 0 Å². The van der Waals surface area contributed by atoms with Gasteiger partial charge in [-0.05, 0) is 42.0 Å². The SMILES string of the molecule is COc1cc(CNC(=O)C[NH+]2CCc3sccc3[C@H]2C2CC2)ccc1OC(F)F. The van der Waals surface area contributed by atoms with Crippen molar-refractivity contribution in [2.24, 2.45) is 5.92 Å². The highest BCUT2D eigenvalue weighted by molar-refractivity contribution is 7.10. The van der Waals surface area contributed by atoms with Gasteiger partial charge in [0, 0.05) is 29.3 Å². The topological polar surface area (TPSA) is 52.0 Å². The molecule has 1 fully saturated rings. The maximum atomic E-state index is 12.6. The number of carbonyl (C=O) groups excluding carboxylic acids is 1. The van der Waals surface area contributed by atoms with Gasteiger partial charge in [0.1, 0.15) is 6.04 Å². The fourth-order valence-electron chi connectivity index (χ4n) is 4.18. The Hall–Kier alpha value is -2.19. The summed E-state index contributed by atoms with van der Waals surface area (Å²) in [5.74, 6) is 0.890. The van der Waals surface area contributed by atoms with Crippen molar-refractivity contribution in [2.75, 3.05) is 20.2 Å². The second kappa shape index (κ2) is 8.67. The van der Waals surface area contributed by atoms with E-state index in [1.54, 1.807) is 12.1 Å². The number of fused-ring (bicyclic) bond motifs is 1. The first-order valence-corrected chi connectivity index (χ1v) is 10.7. The molecular formula is C21H25F2N2O3S+. The van der Waals surface area contributed by atoms with E-state index in [9.17, 15) is 13.6 Å². The average molecular weight is 424 g/mol. The van der Waals surface area contributed by atoms with E-state index in [1.165, 1.54) is 41.4 Å².